The number of nitro groups is 1. The van der Waals surface area contributed by atoms with Crippen LogP contribution in [-0.2, 0) is 0 Å². The second kappa shape index (κ2) is 4.44. The van der Waals surface area contributed by atoms with E-state index >= 15 is 0 Å². The van der Waals surface area contributed by atoms with Crippen LogP contribution in [0.3, 0.4) is 0 Å². The highest BCUT2D eigenvalue weighted by Crippen LogP contribution is 2.22. The van der Waals surface area contributed by atoms with Crippen molar-refractivity contribution in [2.75, 3.05) is 0 Å². The van der Waals surface area contributed by atoms with Crippen molar-refractivity contribution >= 4 is 5.69 Å². The van der Waals surface area contributed by atoms with E-state index in [0.717, 1.165) is 0 Å². The summed E-state index contributed by atoms with van der Waals surface area (Å²) in [5.74, 6) is 1.21. The number of nitro benzene ring substituents is 1. The molecule has 0 N–H and O–H groups in total. The smallest absolute Gasteiger partial charge is 0.269 e. The maximum atomic E-state index is 10.4. The minimum Gasteiger partial charge on any atom is -0.457 e. The molecule has 2 aromatic carbocycles. The average Bonchev–Trinajstić information content (AvgIpc) is 2.31. The van der Waals surface area contributed by atoms with E-state index in [1.165, 1.54) is 12.1 Å². The van der Waals surface area contributed by atoms with E-state index in [-0.39, 0.29) is 5.69 Å². The van der Waals surface area contributed by atoms with Crippen LogP contribution in [0.25, 0.3) is 0 Å². The number of hydrogen-bond acceptors (Lipinski definition) is 3. The van der Waals surface area contributed by atoms with Crippen molar-refractivity contribution in [3.63, 3.8) is 0 Å². The van der Waals surface area contributed by atoms with Crippen LogP contribution in [0.15, 0.2) is 48.5 Å². The highest BCUT2D eigenvalue weighted by atomic mass is 16.6. The van der Waals surface area contributed by atoms with E-state index in [1.807, 2.05) is 0 Å². The number of nitrogens with zero attached hydrogens (tertiary/aromatic N) is 1. The maximum absolute atomic E-state index is 10.4. The Morgan fingerprint density at radius 1 is 1.12 bits per heavy atom. The fourth-order valence-corrected chi connectivity index (χ4v) is 1.21. The molecule has 0 saturated heterocycles. The minimum absolute atomic E-state index is 0.0481. The van der Waals surface area contributed by atoms with Gasteiger partial charge in [0, 0.05) is 12.1 Å². The van der Waals surface area contributed by atoms with Gasteiger partial charge >= 0.3 is 0 Å². The molecule has 0 fully saturated rings. The summed E-state index contributed by atoms with van der Waals surface area (Å²) in [4.78, 5) is 9.99. The lowest BCUT2D eigenvalue weighted by Crippen LogP contribution is -1.88. The summed E-state index contributed by atoms with van der Waals surface area (Å²) >= 11 is 0. The first-order chi connectivity index (χ1) is 7.75. The molecule has 0 aromatic heterocycles. The third-order valence-corrected chi connectivity index (χ3v) is 1.96. The Labute approximate surface area is 92.3 Å². The van der Waals surface area contributed by atoms with Crippen molar-refractivity contribution in [2.24, 2.45) is 0 Å². The van der Waals surface area contributed by atoms with E-state index in [4.69, 9.17) is 4.74 Å². The van der Waals surface area contributed by atoms with Crippen LogP contribution >= 0.6 is 0 Å². The average molecular weight is 214 g/mol. The second-order valence-corrected chi connectivity index (χ2v) is 3.09. The Morgan fingerprint density at radius 3 is 2.44 bits per heavy atom. The summed E-state index contributed by atoms with van der Waals surface area (Å²) in [5.41, 5.74) is 0.0481. The summed E-state index contributed by atoms with van der Waals surface area (Å²) in [6.45, 7) is 0. The molecule has 0 saturated carbocycles. The van der Waals surface area contributed by atoms with Crippen LogP contribution in [0.4, 0.5) is 5.69 Å². The van der Waals surface area contributed by atoms with Gasteiger partial charge in [0.2, 0.25) is 0 Å². The van der Waals surface area contributed by atoms with Crippen molar-refractivity contribution < 1.29 is 9.66 Å². The third kappa shape index (κ3) is 2.36. The summed E-state index contributed by atoms with van der Waals surface area (Å²) in [7, 11) is 0. The molecule has 0 aliphatic heterocycles. The van der Waals surface area contributed by atoms with Crippen LogP contribution < -0.4 is 4.74 Å². The van der Waals surface area contributed by atoms with Gasteiger partial charge in [0.1, 0.15) is 11.5 Å². The molecule has 0 heterocycles. The Balaban J connectivity index is 2.14. The third-order valence-electron chi connectivity index (χ3n) is 1.96. The molecule has 2 aromatic rings. The second-order valence-electron chi connectivity index (χ2n) is 3.09. The molecule has 0 aliphatic carbocycles. The predicted molar refractivity (Wildman–Crippen MR) is 58.4 cm³/mol. The number of ether oxygens (including phenoxy) is 1. The molecule has 0 spiro atoms. The maximum Gasteiger partial charge on any atom is 0.269 e. The topological polar surface area (TPSA) is 52.4 Å². The molecular formula is C12H8NO3. The molecule has 16 heavy (non-hydrogen) atoms. The van der Waals surface area contributed by atoms with Crippen molar-refractivity contribution in [3.05, 3.63) is 64.7 Å². The zero-order valence-electron chi connectivity index (χ0n) is 8.29. The van der Waals surface area contributed by atoms with Crippen molar-refractivity contribution in [3.8, 4) is 11.5 Å². The van der Waals surface area contributed by atoms with E-state index in [0.29, 0.717) is 11.5 Å². The van der Waals surface area contributed by atoms with Crippen LogP contribution in [0.5, 0.6) is 11.5 Å². The van der Waals surface area contributed by atoms with Crippen LogP contribution in [-0.4, -0.2) is 4.92 Å². The molecule has 0 amide bonds. The van der Waals surface area contributed by atoms with Crippen LogP contribution in [0.2, 0.25) is 0 Å². The Morgan fingerprint density at radius 2 is 1.88 bits per heavy atom. The summed E-state index contributed by atoms with van der Waals surface area (Å²) in [6, 6.07) is 15.9. The minimum atomic E-state index is -0.444. The molecule has 2 rings (SSSR count). The molecule has 0 bridgehead atoms. The number of rotatable bonds is 3. The fourth-order valence-electron chi connectivity index (χ4n) is 1.21. The molecule has 1 radical (unpaired) electrons. The number of non-ortho nitro benzene ring substituents is 1. The van der Waals surface area contributed by atoms with Gasteiger partial charge in [-0.3, -0.25) is 10.1 Å². The first kappa shape index (κ1) is 10.2. The van der Waals surface area contributed by atoms with E-state index in [9.17, 15) is 10.1 Å². The van der Waals surface area contributed by atoms with Gasteiger partial charge in [-0.1, -0.05) is 12.1 Å². The quantitative estimate of drug-likeness (QED) is 0.582. The lowest BCUT2D eigenvalue weighted by molar-refractivity contribution is -0.384. The van der Waals surface area contributed by atoms with E-state index in [1.54, 1.807) is 36.4 Å². The summed E-state index contributed by atoms with van der Waals surface area (Å²) < 4.78 is 5.46. The van der Waals surface area contributed by atoms with E-state index < -0.39 is 4.92 Å². The predicted octanol–water partition coefficient (Wildman–Crippen LogP) is 3.19. The Bertz CT molecular complexity index is 479. The normalized spacial score (nSPS) is 9.75. The summed E-state index contributed by atoms with van der Waals surface area (Å²) in [6.07, 6.45) is 0. The monoisotopic (exact) mass is 214 g/mol. The molecule has 4 nitrogen and oxygen atoms in total. The van der Waals surface area contributed by atoms with Gasteiger partial charge in [0.15, 0.2) is 0 Å². The highest BCUT2D eigenvalue weighted by Gasteiger charge is 2.04. The van der Waals surface area contributed by atoms with Gasteiger partial charge in [0.05, 0.1) is 4.92 Å². The Kier molecular flexibility index (Phi) is 2.82. The lowest BCUT2D eigenvalue weighted by Gasteiger charge is -2.04. The highest BCUT2D eigenvalue weighted by molar-refractivity contribution is 5.38. The first-order valence-electron chi connectivity index (χ1n) is 4.64. The molecular weight excluding hydrogens is 206 g/mol. The van der Waals surface area contributed by atoms with Crippen molar-refractivity contribution in [1.29, 1.82) is 0 Å². The lowest BCUT2D eigenvalue weighted by atomic mass is 10.3. The SMILES string of the molecule is O=[N+]([O-])c1ccc(Oc2c[c]ccc2)cc1. The largest absolute Gasteiger partial charge is 0.457 e. The van der Waals surface area contributed by atoms with Crippen molar-refractivity contribution in [1.82, 2.24) is 0 Å². The summed E-state index contributed by atoms with van der Waals surface area (Å²) in [5, 5.41) is 10.4. The molecule has 79 valence electrons. The molecule has 4 heteroatoms. The fraction of sp³-hybridized carbons (Fsp3) is 0. The van der Waals surface area contributed by atoms with Crippen molar-refractivity contribution in [2.45, 2.75) is 0 Å². The molecule has 0 unspecified atom stereocenters. The number of benzene rings is 2. The van der Waals surface area contributed by atoms with Gasteiger partial charge in [-0.15, -0.1) is 0 Å². The van der Waals surface area contributed by atoms with Crippen LogP contribution in [0, 0.1) is 16.2 Å². The zero-order valence-corrected chi connectivity index (χ0v) is 8.29. The molecule has 0 atom stereocenters. The van der Waals surface area contributed by atoms with Gasteiger partial charge in [0.25, 0.3) is 5.69 Å². The van der Waals surface area contributed by atoms with Gasteiger partial charge in [-0.25, -0.2) is 0 Å². The standard InChI is InChI=1S/C12H8NO3/c14-13(15)10-6-8-12(9-7-10)16-11-4-2-1-3-5-11/h1-2,4-9H. The molecule has 0 aliphatic rings. The van der Waals surface area contributed by atoms with E-state index in [2.05, 4.69) is 6.07 Å². The Hall–Kier alpha value is -2.36. The van der Waals surface area contributed by atoms with Gasteiger partial charge in [-0.05, 0) is 30.3 Å². The zero-order chi connectivity index (χ0) is 11.4. The number of hydrogen-bond donors (Lipinski definition) is 0. The van der Waals surface area contributed by atoms with Crippen LogP contribution in [0.1, 0.15) is 0 Å². The van der Waals surface area contributed by atoms with Gasteiger partial charge < -0.3 is 4.74 Å². The van der Waals surface area contributed by atoms with Gasteiger partial charge in [-0.2, -0.15) is 0 Å². The first-order valence-corrected chi connectivity index (χ1v) is 4.64.